The van der Waals surface area contributed by atoms with E-state index in [1.165, 1.54) is 62.3 Å². The first-order valence-electron chi connectivity index (χ1n) is 12.9. The van der Waals surface area contributed by atoms with Gasteiger partial charge in [-0.1, -0.05) is 88.8 Å². The van der Waals surface area contributed by atoms with E-state index < -0.39 is 11.8 Å². The average Bonchev–Trinajstić information content (AvgIpc) is 2.88. The smallest absolute Gasteiger partial charge is 0.343 e. The summed E-state index contributed by atoms with van der Waals surface area (Å²) in [6.07, 6.45) is 10.3. The third-order valence-corrected chi connectivity index (χ3v) is 6.09. The third-order valence-electron chi connectivity index (χ3n) is 6.09. The van der Waals surface area contributed by atoms with Crippen molar-refractivity contribution in [1.29, 1.82) is 0 Å². The molecular formula is C31H37FO3. The maximum absolute atomic E-state index is 14.4. The van der Waals surface area contributed by atoms with Gasteiger partial charge in [-0.3, -0.25) is 0 Å². The number of esters is 1. The standard InChI is InChI=1S/C31H37FO3/c1-3-5-7-8-10-22-34-30-21-18-27(23-29(30)32)31(33)35-28-19-16-26(17-20-28)25-14-12-24(13-15-25)11-9-6-4-2/h12-21,23H,3-11,22H2,1-2H3. The molecule has 0 aliphatic carbocycles. The number of carbonyl (C=O) groups excluding carboxylic acids is 1. The molecule has 3 aromatic rings. The molecule has 0 spiro atoms. The Morgan fingerprint density at radius 1 is 0.743 bits per heavy atom. The number of hydrogen-bond acceptors (Lipinski definition) is 3. The highest BCUT2D eigenvalue weighted by atomic mass is 19.1. The van der Waals surface area contributed by atoms with Crippen LogP contribution in [0.25, 0.3) is 11.1 Å². The highest BCUT2D eigenvalue weighted by Crippen LogP contribution is 2.25. The lowest BCUT2D eigenvalue weighted by molar-refractivity contribution is 0.0734. The van der Waals surface area contributed by atoms with Gasteiger partial charge in [0.2, 0.25) is 0 Å². The van der Waals surface area contributed by atoms with Crippen LogP contribution in [0.4, 0.5) is 4.39 Å². The summed E-state index contributed by atoms with van der Waals surface area (Å²) >= 11 is 0. The van der Waals surface area contributed by atoms with E-state index in [2.05, 4.69) is 38.1 Å². The van der Waals surface area contributed by atoms with Crippen molar-refractivity contribution in [3.05, 3.63) is 83.7 Å². The SMILES string of the molecule is CCCCCCCOc1ccc(C(=O)Oc2ccc(-c3ccc(CCCCC)cc3)cc2)cc1F. The van der Waals surface area contributed by atoms with E-state index in [-0.39, 0.29) is 11.3 Å². The molecule has 186 valence electrons. The van der Waals surface area contributed by atoms with Crippen LogP contribution >= 0.6 is 0 Å². The van der Waals surface area contributed by atoms with Gasteiger partial charge in [0.1, 0.15) is 5.75 Å². The van der Waals surface area contributed by atoms with Crippen LogP contribution in [0.2, 0.25) is 0 Å². The molecule has 0 amide bonds. The van der Waals surface area contributed by atoms with Crippen LogP contribution in [0.1, 0.15) is 81.1 Å². The molecule has 0 saturated heterocycles. The van der Waals surface area contributed by atoms with Gasteiger partial charge < -0.3 is 9.47 Å². The third kappa shape index (κ3) is 8.54. The molecule has 0 aromatic heterocycles. The van der Waals surface area contributed by atoms with E-state index in [1.54, 1.807) is 12.1 Å². The molecule has 0 saturated carbocycles. The van der Waals surface area contributed by atoms with Gasteiger partial charge in [-0.25, -0.2) is 9.18 Å². The van der Waals surface area contributed by atoms with Crippen molar-refractivity contribution in [2.24, 2.45) is 0 Å². The molecule has 3 nitrogen and oxygen atoms in total. The van der Waals surface area contributed by atoms with Crippen molar-refractivity contribution in [3.63, 3.8) is 0 Å². The van der Waals surface area contributed by atoms with Crippen LogP contribution in [0.3, 0.4) is 0 Å². The first kappa shape index (κ1) is 26.5. The summed E-state index contributed by atoms with van der Waals surface area (Å²) in [5, 5.41) is 0. The molecule has 3 aromatic carbocycles. The predicted octanol–water partition coefficient (Wildman–Crippen LogP) is 8.79. The quantitative estimate of drug-likeness (QED) is 0.132. The fourth-order valence-corrected chi connectivity index (χ4v) is 3.96. The molecule has 0 aliphatic rings. The molecule has 4 heteroatoms. The maximum Gasteiger partial charge on any atom is 0.343 e. The topological polar surface area (TPSA) is 35.5 Å². The van der Waals surface area contributed by atoms with E-state index in [9.17, 15) is 9.18 Å². The van der Waals surface area contributed by atoms with Gasteiger partial charge in [-0.15, -0.1) is 0 Å². The van der Waals surface area contributed by atoms with Crippen molar-refractivity contribution in [2.75, 3.05) is 6.61 Å². The molecular weight excluding hydrogens is 439 g/mol. The fraction of sp³-hybridized carbons (Fsp3) is 0.387. The number of aryl methyl sites for hydroxylation is 1. The minimum atomic E-state index is -0.598. The molecule has 0 N–H and O–H groups in total. The van der Waals surface area contributed by atoms with Crippen molar-refractivity contribution < 1.29 is 18.7 Å². The lowest BCUT2D eigenvalue weighted by Crippen LogP contribution is -2.09. The largest absolute Gasteiger partial charge is 0.491 e. The van der Waals surface area contributed by atoms with Gasteiger partial charge in [0.05, 0.1) is 12.2 Å². The monoisotopic (exact) mass is 476 g/mol. The second-order valence-electron chi connectivity index (χ2n) is 8.98. The summed E-state index contributed by atoms with van der Waals surface area (Å²) < 4.78 is 25.4. The highest BCUT2D eigenvalue weighted by molar-refractivity contribution is 5.91. The number of hydrogen-bond donors (Lipinski definition) is 0. The van der Waals surface area contributed by atoms with Crippen LogP contribution in [0, 0.1) is 5.82 Å². The lowest BCUT2D eigenvalue weighted by Gasteiger charge is -2.09. The molecule has 3 rings (SSSR count). The molecule has 35 heavy (non-hydrogen) atoms. The van der Waals surface area contributed by atoms with Gasteiger partial charge in [-0.2, -0.15) is 0 Å². The van der Waals surface area contributed by atoms with E-state index in [0.29, 0.717) is 12.4 Å². The number of carbonyl (C=O) groups is 1. The van der Waals surface area contributed by atoms with E-state index in [4.69, 9.17) is 9.47 Å². The van der Waals surface area contributed by atoms with Crippen LogP contribution in [0.15, 0.2) is 66.7 Å². The Morgan fingerprint density at radius 2 is 1.37 bits per heavy atom. The van der Waals surface area contributed by atoms with Crippen molar-refractivity contribution in [1.82, 2.24) is 0 Å². The molecule has 0 atom stereocenters. The zero-order valence-electron chi connectivity index (χ0n) is 21.0. The first-order chi connectivity index (χ1) is 17.1. The van der Waals surface area contributed by atoms with Gasteiger partial charge in [0.25, 0.3) is 0 Å². The number of benzene rings is 3. The molecule has 0 heterocycles. The Balaban J connectivity index is 1.52. The second-order valence-corrected chi connectivity index (χ2v) is 8.98. The van der Waals surface area contributed by atoms with Crippen LogP contribution in [-0.2, 0) is 6.42 Å². The Morgan fingerprint density at radius 3 is 2.03 bits per heavy atom. The Hall–Kier alpha value is -3.14. The highest BCUT2D eigenvalue weighted by Gasteiger charge is 2.13. The lowest BCUT2D eigenvalue weighted by atomic mass is 10.0. The number of ether oxygens (including phenoxy) is 2. The summed E-state index contributed by atoms with van der Waals surface area (Å²) in [5.74, 6) is -0.568. The summed E-state index contributed by atoms with van der Waals surface area (Å²) in [6, 6.07) is 20.2. The second kappa shape index (κ2) is 14.3. The molecule has 0 fully saturated rings. The Kier molecular flexibility index (Phi) is 10.8. The number of halogens is 1. The summed E-state index contributed by atoms with van der Waals surface area (Å²) in [4.78, 5) is 12.5. The van der Waals surface area contributed by atoms with E-state index in [0.717, 1.165) is 30.4 Å². The fourth-order valence-electron chi connectivity index (χ4n) is 3.96. The molecule has 0 bridgehead atoms. The van der Waals surface area contributed by atoms with Crippen molar-refractivity contribution in [2.45, 2.75) is 71.6 Å². The summed E-state index contributed by atoms with van der Waals surface area (Å²) in [6.45, 7) is 4.85. The maximum atomic E-state index is 14.4. The number of rotatable bonds is 14. The molecule has 0 unspecified atom stereocenters. The van der Waals surface area contributed by atoms with Crippen LogP contribution in [0.5, 0.6) is 11.5 Å². The number of unbranched alkanes of at least 4 members (excludes halogenated alkanes) is 6. The minimum Gasteiger partial charge on any atom is -0.491 e. The summed E-state index contributed by atoms with van der Waals surface area (Å²) in [5.41, 5.74) is 3.67. The van der Waals surface area contributed by atoms with Gasteiger partial charge in [0.15, 0.2) is 11.6 Å². The molecule has 0 radical (unpaired) electrons. The molecule has 0 aliphatic heterocycles. The average molecular weight is 477 g/mol. The zero-order chi connectivity index (χ0) is 24.9. The van der Waals surface area contributed by atoms with Gasteiger partial charge >= 0.3 is 5.97 Å². The van der Waals surface area contributed by atoms with Gasteiger partial charge in [-0.05, 0) is 66.3 Å². The predicted molar refractivity (Wildman–Crippen MR) is 141 cm³/mol. The normalized spacial score (nSPS) is 10.8. The minimum absolute atomic E-state index is 0.153. The zero-order valence-corrected chi connectivity index (χ0v) is 21.0. The summed E-state index contributed by atoms with van der Waals surface area (Å²) in [7, 11) is 0. The van der Waals surface area contributed by atoms with E-state index >= 15 is 0 Å². The van der Waals surface area contributed by atoms with Crippen LogP contribution in [-0.4, -0.2) is 12.6 Å². The van der Waals surface area contributed by atoms with E-state index in [1.807, 2.05) is 12.1 Å². The van der Waals surface area contributed by atoms with Crippen molar-refractivity contribution in [3.8, 4) is 22.6 Å². The van der Waals surface area contributed by atoms with Gasteiger partial charge in [0, 0.05) is 0 Å². The Bertz CT molecular complexity index is 1040. The van der Waals surface area contributed by atoms with Crippen LogP contribution < -0.4 is 9.47 Å². The van der Waals surface area contributed by atoms with Crippen molar-refractivity contribution >= 4 is 5.97 Å². The Labute approximate surface area is 209 Å². The first-order valence-corrected chi connectivity index (χ1v) is 12.9.